The second kappa shape index (κ2) is 20.2. The van der Waals surface area contributed by atoms with Crippen molar-refractivity contribution in [2.45, 2.75) is 52.5 Å². The van der Waals surface area contributed by atoms with Gasteiger partial charge in [0.25, 0.3) is 5.56 Å². The van der Waals surface area contributed by atoms with Crippen LogP contribution < -0.4 is 20.9 Å². The molecule has 0 bridgehead atoms. The first kappa shape index (κ1) is 38.2. The number of pyridine rings is 1. The molecule has 5 aromatic rings. The number of hydrogen-bond donors (Lipinski definition) is 2. The normalized spacial score (nSPS) is 12.0. The summed E-state index contributed by atoms with van der Waals surface area (Å²) in [5.74, 6) is 1.85. The van der Waals surface area contributed by atoms with Crippen LogP contribution in [0.4, 0.5) is 5.69 Å². The second-order valence-electron chi connectivity index (χ2n) is 12.0. The van der Waals surface area contributed by atoms with Crippen LogP contribution in [0.5, 0.6) is 5.75 Å². The molecular formula is C41H48N6O4. The van der Waals surface area contributed by atoms with Crippen LogP contribution in [0.2, 0.25) is 0 Å². The van der Waals surface area contributed by atoms with Crippen molar-refractivity contribution < 1.29 is 13.9 Å². The maximum atomic E-state index is 12.5. The molecule has 0 aliphatic heterocycles. The number of hydrogen-bond acceptors (Lipinski definition) is 9. The molecule has 0 saturated heterocycles. The summed E-state index contributed by atoms with van der Waals surface area (Å²) in [6, 6.07) is 19.2. The zero-order chi connectivity index (χ0) is 36.4. The van der Waals surface area contributed by atoms with Gasteiger partial charge in [0.05, 0.1) is 13.3 Å². The fourth-order valence-electron chi connectivity index (χ4n) is 5.34. The number of anilines is 1. The summed E-state index contributed by atoms with van der Waals surface area (Å²) < 4.78 is 12.0. The minimum atomic E-state index is -0.0254. The third-order valence-corrected chi connectivity index (χ3v) is 8.19. The van der Waals surface area contributed by atoms with Gasteiger partial charge in [0.15, 0.2) is 6.29 Å². The number of aryl methyl sites for hydroxylation is 1. The Morgan fingerprint density at radius 1 is 1.04 bits per heavy atom. The SMILES string of the molecule is CCCc1ccncc1/C=C(\C)CNC.CNc1cnc(-c2ccccc2)n(CC=C2CCC2)c1=O.COc1cccc(-c2nc(C=O)co2)c1. The molecule has 6 rings (SSSR count). The van der Waals surface area contributed by atoms with E-state index in [2.05, 4.69) is 57.7 Å². The molecule has 51 heavy (non-hydrogen) atoms. The number of oxazole rings is 1. The van der Waals surface area contributed by atoms with Crippen LogP contribution in [0.1, 0.15) is 61.1 Å². The molecule has 0 spiro atoms. The van der Waals surface area contributed by atoms with E-state index in [1.165, 1.54) is 41.4 Å². The van der Waals surface area contributed by atoms with Crippen molar-refractivity contribution in [1.29, 1.82) is 0 Å². The summed E-state index contributed by atoms with van der Waals surface area (Å²) in [4.78, 5) is 35.6. The molecule has 3 aromatic heterocycles. The van der Waals surface area contributed by atoms with Crippen molar-refractivity contribution in [1.82, 2.24) is 24.8 Å². The van der Waals surface area contributed by atoms with E-state index < -0.39 is 0 Å². The van der Waals surface area contributed by atoms with E-state index in [0.29, 0.717) is 24.4 Å². The number of nitrogens with one attached hydrogen (secondary N) is 2. The zero-order valence-corrected chi connectivity index (χ0v) is 30.2. The zero-order valence-electron chi connectivity index (χ0n) is 30.2. The Morgan fingerprint density at radius 3 is 2.47 bits per heavy atom. The molecule has 0 unspecified atom stereocenters. The van der Waals surface area contributed by atoms with Crippen LogP contribution >= 0.6 is 0 Å². The van der Waals surface area contributed by atoms with Crippen molar-refractivity contribution in [3.63, 3.8) is 0 Å². The van der Waals surface area contributed by atoms with Gasteiger partial charge in [-0.3, -0.25) is 19.1 Å². The van der Waals surface area contributed by atoms with Gasteiger partial charge in [-0.2, -0.15) is 0 Å². The maximum absolute atomic E-state index is 12.5. The van der Waals surface area contributed by atoms with Crippen LogP contribution in [0.3, 0.4) is 0 Å². The van der Waals surface area contributed by atoms with Gasteiger partial charge in [0.1, 0.15) is 29.2 Å². The van der Waals surface area contributed by atoms with Crippen LogP contribution in [-0.4, -0.2) is 53.6 Å². The summed E-state index contributed by atoms with van der Waals surface area (Å²) in [7, 11) is 5.30. The topological polar surface area (TPSA) is 124 Å². The molecule has 10 nitrogen and oxygen atoms in total. The smallest absolute Gasteiger partial charge is 0.277 e. The van der Waals surface area contributed by atoms with Crippen LogP contribution in [0, 0.1) is 0 Å². The number of aldehydes is 1. The quantitative estimate of drug-likeness (QED) is 0.0995. The third kappa shape index (κ3) is 11.2. The summed E-state index contributed by atoms with van der Waals surface area (Å²) in [5, 5.41) is 6.06. The number of benzene rings is 2. The lowest BCUT2D eigenvalue weighted by molar-refractivity contribution is 0.111. The van der Waals surface area contributed by atoms with Gasteiger partial charge in [-0.05, 0) is 75.0 Å². The summed E-state index contributed by atoms with van der Waals surface area (Å²) in [6.07, 6.45) is 17.7. The lowest BCUT2D eigenvalue weighted by atomic mass is 9.92. The highest BCUT2D eigenvalue weighted by Gasteiger charge is 2.13. The fourth-order valence-corrected chi connectivity index (χ4v) is 5.34. The molecule has 1 saturated carbocycles. The molecule has 0 atom stereocenters. The Balaban J connectivity index is 0.000000176. The molecule has 3 heterocycles. The molecule has 1 aliphatic carbocycles. The number of aromatic nitrogens is 4. The Labute approximate surface area is 300 Å². The lowest BCUT2D eigenvalue weighted by Crippen LogP contribution is -2.25. The van der Waals surface area contributed by atoms with Gasteiger partial charge in [-0.25, -0.2) is 9.97 Å². The Bertz CT molecular complexity index is 1960. The van der Waals surface area contributed by atoms with Crippen molar-refractivity contribution >= 4 is 18.0 Å². The van der Waals surface area contributed by atoms with Crippen molar-refractivity contribution in [3.05, 3.63) is 130 Å². The molecule has 10 heteroatoms. The molecule has 0 radical (unpaired) electrons. The average molecular weight is 689 g/mol. The number of methoxy groups -OCH3 is 1. The first-order chi connectivity index (χ1) is 24.9. The Kier molecular flexibility index (Phi) is 15.1. The van der Waals surface area contributed by atoms with Crippen LogP contribution in [-0.2, 0) is 13.0 Å². The standard InChI is InChI=1S/C17H19N3O.C13H20N2.C11H9NO3/c1-18-15-12-19-16(14-8-3-2-4-9-14)20(17(15)21)11-10-13-6-5-7-13;1-4-5-12-6-7-15-10-13(12)8-11(2)9-14-3;1-14-10-4-2-3-8(5-10)11-12-9(6-13)7-15-11/h2-4,8-10,12,18H,5-7,11H2,1H3;6-8,10,14H,4-5,9H2,1-3H3;2-7H,1H3/b;11-8+;. The lowest BCUT2D eigenvalue weighted by Gasteiger charge is -2.17. The average Bonchev–Trinajstić information content (AvgIpc) is 3.63. The van der Waals surface area contributed by atoms with E-state index in [1.54, 1.807) is 31.0 Å². The van der Waals surface area contributed by atoms with Gasteiger partial charge < -0.3 is 19.8 Å². The minimum absolute atomic E-state index is 0.0254. The van der Waals surface area contributed by atoms with Gasteiger partial charge >= 0.3 is 0 Å². The van der Waals surface area contributed by atoms with Crippen molar-refractivity contribution in [3.8, 4) is 28.6 Å². The summed E-state index contributed by atoms with van der Waals surface area (Å²) in [6.45, 7) is 5.86. The predicted octanol–water partition coefficient (Wildman–Crippen LogP) is 7.88. The molecule has 1 aliphatic rings. The maximum Gasteiger partial charge on any atom is 0.277 e. The number of allylic oxidation sites excluding steroid dienone is 2. The van der Waals surface area contributed by atoms with E-state index in [0.717, 1.165) is 48.5 Å². The number of carbonyl (C=O) groups is 1. The van der Waals surface area contributed by atoms with Crippen LogP contribution in [0.15, 0.2) is 112 Å². The van der Waals surface area contributed by atoms with Crippen LogP contribution in [0.25, 0.3) is 28.9 Å². The number of likely N-dealkylation sites (N-methyl/N-ethyl adjacent to an activating group) is 1. The number of nitrogens with zero attached hydrogens (tertiary/aromatic N) is 4. The molecule has 266 valence electrons. The number of carbonyl (C=O) groups excluding carboxylic acids is 1. The summed E-state index contributed by atoms with van der Waals surface area (Å²) in [5.41, 5.74) is 7.96. The first-order valence-electron chi connectivity index (χ1n) is 17.2. The van der Waals surface area contributed by atoms with Gasteiger partial charge in [-0.15, -0.1) is 0 Å². The van der Waals surface area contributed by atoms with Gasteiger partial charge in [0.2, 0.25) is 5.89 Å². The number of rotatable bonds is 12. The molecule has 2 aromatic carbocycles. The van der Waals surface area contributed by atoms with E-state index in [-0.39, 0.29) is 11.3 Å². The Morgan fingerprint density at radius 2 is 1.82 bits per heavy atom. The predicted molar refractivity (Wildman–Crippen MR) is 205 cm³/mol. The van der Waals surface area contributed by atoms with Gasteiger partial charge in [-0.1, -0.05) is 73.0 Å². The highest BCUT2D eigenvalue weighted by atomic mass is 16.5. The Hall–Kier alpha value is -5.61. The highest BCUT2D eigenvalue weighted by molar-refractivity contribution is 5.72. The summed E-state index contributed by atoms with van der Waals surface area (Å²) >= 11 is 0. The van der Waals surface area contributed by atoms with Crippen molar-refractivity contribution in [2.75, 3.05) is 33.1 Å². The minimum Gasteiger partial charge on any atom is -0.497 e. The van der Waals surface area contributed by atoms with E-state index in [9.17, 15) is 9.59 Å². The first-order valence-corrected chi connectivity index (χ1v) is 17.2. The second-order valence-corrected chi connectivity index (χ2v) is 12.0. The van der Waals surface area contributed by atoms with E-state index >= 15 is 0 Å². The van der Waals surface area contributed by atoms with Gasteiger partial charge in [0, 0.05) is 43.7 Å². The number of ether oxygens (including phenoxy) is 1. The third-order valence-electron chi connectivity index (χ3n) is 8.19. The molecule has 0 amide bonds. The van der Waals surface area contributed by atoms with Crippen molar-refractivity contribution in [2.24, 2.45) is 0 Å². The molecular weight excluding hydrogens is 640 g/mol. The largest absolute Gasteiger partial charge is 0.497 e. The van der Waals surface area contributed by atoms with E-state index in [4.69, 9.17) is 9.15 Å². The fraction of sp³-hybridized carbons (Fsp3) is 0.293. The monoisotopic (exact) mass is 688 g/mol. The highest BCUT2D eigenvalue weighted by Crippen LogP contribution is 2.26. The van der Waals surface area contributed by atoms with E-state index in [1.807, 2.05) is 68.0 Å². The molecule has 2 N–H and O–H groups in total. The molecule has 1 fully saturated rings.